The average Bonchev–Trinajstić information content (AvgIpc) is 2.91. The molecule has 122 valence electrons. The number of nitrogens with zero attached hydrogens (tertiary/aromatic N) is 3. The Morgan fingerprint density at radius 1 is 1.48 bits per heavy atom. The van der Waals surface area contributed by atoms with Crippen molar-refractivity contribution in [3.8, 4) is 0 Å². The number of rotatable bonds is 3. The van der Waals surface area contributed by atoms with Crippen LogP contribution in [0.25, 0.3) is 0 Å². The maximum atomic E-state index is 14.0. The van der Waals surface area contributed by atoms with Gasteiger partial charge in [0.25, 0.3) is 5.91 Å². The van der Waals surface area contributed by atoms with Gasteiger partial charge in [-0.25, -0.2) is 4.39 Å². The fourth-order valence-electron chi connectivity index (χ4n) is 2.64. The molecule has 0 N–H and O–H groups in total. The lowest BCUT2D eigenvalue weighted by molar-refractivity contribution is 0.0366. The number of benzene rings is 1. The topological polar surface area (TPSA) is 47.4 Å². The first-order valence-electron chi connectivity index (χ1n) is 7.47. The van der Waals surface area contributed by atoms with Crippen LogP contribution in [-0.4, -0.2) is 46.4 Å². The molecule has 3 rings (SSSR count). The molecule has 1 amide bonds. The maximum Gasteiger partial charge on any atom is 0.256 e. The van der Waals surface area contributed by atoms with Crippen LogP contribution in [0.4, 0.5) is 4.39 Å². The fraction of sp³-hybridized carbons (Fsp3) is 0.375. The zero-order valence-electron chi connectivity index (χ0n) is 12.5. The highest BCUT2D eigenvalue weighted by molar-refractivity contribution is 6.30. The third-order valence-electron chi connectivity index (χ3n) is 3.75. The highest BCUT2D eigenvalue weighted by atomic mass is 35.5. The van der Waals surface area contributed by atoms with Gasteiger partial charge >= 0.3 is 0 Å². The van der Waals surface area contributed by atoms with Crippen LogP contribution in [0.15, 0.2) is 36.7 Å². The van der Waals surface area contributed by atoms with Gasteiger partial charge in [0, 0.05) is 37.1 Å². The quantitative estimate of drug-likeness (QED) is 0.865. The predicted molar refractivity (Wildman–Crippen MR) is 83.9 cm³/mol. The minimum absolute atomic E-state index is 0.0362. The van der Waals surface area contributed by atoms with Crippen LogP contribution >= 0.6 is 11.6 Å². The Morgan fingerprint density at radius 3 is 3.09 bits per heavy atom. The number of hydrogen-bond donors (Lipinski definition) is 0. The Labute approximate surface area is 138 Å². The smallest absolute Gasteiger partial charge is 0.256 e. The zero-order valence-corrected chi connectivity index (χ0v) is 13.2. The molecule has 0 aliphatic carbocycles. The van der Waals surface area contributed by atoms with Crippen LogP contribution in [0.2, 0.25) is 5.02 Å². The number of halogens is 2. The van der Waals surface area contributed by atoms with Gasteiger partial charge in [-0.3, -0.25) is 9.48 Å². The lowest BCUT2D eigenvalue weighted by Crippen LogP contribution is -2.38. The number of hydrogen-bond acceptors (Lipinski definition) is 3. The molecule has 23 heavy (non-hydrogen) atoms. The molecule has 1 aliphatic heterocycles. The van der Waals surface area contributed by atoms with Gasteiger partial charge in [0.1, 0.15) is 5.82 Å². The van der Waals surface area contributed by atoms with E-state index in [2.05, 4.69) is 5.10 Å². The maximum absolute atomic E-state index is 14.0. The van der Waals surface area contributed by atoms with Crippen molar-refractivity contribution >= 4 is 17.5 Å². The molecule has 0 saturated carbocycles. The Balaban J connectivity index is 1.73. The molecule has 5 nitrogen and oxygen atoms in total. The molecule has 1 aromatic carbocycles. The van der Waals surface area contributed by atoms with Crippen molar-refractivity contribution in [2.45, 2.75) is 19.1 Å². The lowest BCUT2D eigenvalue weighted by Gasteiger charge is -2.24. The molecule has 0 bridgehead atoms. The Bertz CT molecular complexity index is 678. The Kier molecular flexibility index (Phi) is 4.93. The fourth-order valence-corrected chi connectivity index (χ4v) is 2.80. The normalized spacial score (nSPS) is 18.7. The van der Waals surface area contributed by atoms with Crippen molar-refractivity contribution < 1.29 is 13.9 Å². The van der Waals surface area contributed by atoms with Gasteiger partial charge in [-0.05, 0) is 30.7 Å². The number of ether oxygens (including phenoxy) is 1. The van der Waals surface area contributed by atoms with Crippen LogP contribution in [0.3, 0.4) is 0 Å². The van der Waals surface area contributed by atoms with E-state index in [1.165, 1.54) is 12.1 Å². The number of carbonyl (C=O) groups is 1. The summed E-state index contributed by atoms with van der Waals surface area (Å²) in [7, 11) is 0. The molecule has 0 radical (unpaired) electrons. The lowest BCUT2D eigenvalue weighted by atomic mass is 10.1. The first-order valence-corrected chi connectivity index (χ1v) is 7.84. The molecule has 0 spiro atoms. The highest BCUT2D eigenvalue weighted by Crippen LogP contribution is 2.18. The van der Waals surface area contributed by atoms with Crippen molar-refractivity contribution in [2.24, 2.45) is 0 Å². The first kappa shape index (κ1) is 16.0. The average molecular weight is 338 g/mol. The van der Waals surface area contributed by atoms with E-state index in [4.69, 9.17) is 16.3 Å². The third-order valence-corrected chi connectivity index (χ3v) is 3.98. The second-order valence-corrected chi connectivity index (χ2v) is 5.89. The third kappa shape index (κ3) is 3.89. The largest absolute Gasteiger partial charge is 0.374 e. The van der Waals surface area contributed by atoms with Crippen molar-refractivity contribution in [3.63, 3.8) is 0 Å². The molecule has 2 aromatic rings. The van der Waals surface area contributed by atoms with Crippen molar-refractivity contribution in [2.75, 3.05) is 19.7 Å². The Morgan fingerprint density at radius 2 is 2.35 bits per heavy atom. The van der Waals surface area contributed by atoms with Crippen molar-refractivity contribution in [1.82, 2.24) is 14.7 Å². The van der Waals surface area contributed by atoms with Crippen LogP contribution < -0.4 is 0 Å². The summed E-state index contributed by atoms with van der Waals surface area (Å²) in [6, 6.07) is 5.94. The molecule has 1 saturated heterocycles. The number of amides is 1. The van der Waals surface area contributed by atoms with Crippen LogP contribution in [0.1, 0.15) is 16.8 Å². The van der Waals surface area contributed by atoms with Gasteiger partial charge in [-0.2, -0.15) is 5.10 Å². The van der Waals surface area contributed by atoms with Gasteiger partial charge in [0.2, 0.25) is 0 Å². The molecule has 2 heterocycles. The Hall–Kier alpha value is -1.92. The summed E-state index contributed by atoms with van der Waals surface area (Å²) in [4.78, 5) is 14.2. The number of carbonyl (C=O) groups excluding carboxylic acids is 1. The second-order valence-electron chi connectivity index (χ2n) is 5.45. The molecule has 1 unspecified atom stereocenters. The molecular weight excluding hydrogens is 321 g/mol. The summed E-state index contributed by atoms with van der Waals surface area (Å²) in [5.41, 5.74) is 0.0362. The minimum atomic E-state index is -0.601. The van der Waals surface area contributed by atoms with E-state index in [0.717, 1.165) is 12.5 Å². The van der Waals surface area contributed by atoms with E-state index < -0.39 is 5.82 Å². The summed E-state index contributed by atoms with van der Waals surface area (Å²) in [5, 5.41) is 4.42. The van der Waals surface area contributed by atoms with E-state index in [0.29, 0.717) is 26.2 Å². The first-order chi connectivity index (χ1) is 11.1. The van der Waals surface area contributed by atoms with Gasteiger partial charge in [-0.1, -0.05) is 11.6 Å². The van der Waals surface area contributed by atoms with E-state index in [9.17, 15) is 9.18 Å². The molecule has 7 heteroatoms. The monoisotopic (exact) mass is 337 g/mol. The van der Waals surface area contributed by atoms with Crippen LogP contribution in [0.5, 0.6) is 0 Å². The van der Waals surface area contributed by atoms with E-state index in [-0.39, 0.29) is 22.6 Å². The second kappa shape index (κ2) is 7.10. The van der Waals surface area contributed by atoms with E-state index >= 15 is 0 Å². The van der Waals surface area contributed by atoms with Gasteiger partial charge in [0.05, 0.1) is 18.2 Å². The van der Waals surface area contributed by atoms with Gasteiger partial charge < -0.3 is 9.64 Å². The molecular formula is C16H17ClFN3O2. The summed E-state index contributed by atoms with van der Waals surface area (Å²) in [5.74, 6) is -0.938. The molecule has 1 fully saturated rings. The SMILES string of the molecule is O=C(c1ccc(Cl)cc1F)N1CCCOC(Cn2cccn2)C1. The zero-order chi connectivity index (χ0) is 16.2. The minimum Gasteiger partial charge on any atom is -0.374 e. The summed E-state index contributed by atoms with van der Waals surface area (Å²) in [6.45, 7) is 2.07. The summed E-state index contributed by atoms with van der Waals surface area (Å²) in [6.07, 6.45) is 4.09. The van der Waals surface area contributed by atoms with Crippen LogP contribution in [0, 0.1) is 5.82 Å². The van der Waals surface area contributed by atoms with Crippen LogP contribution in [-0.2, 0) is 11.3 Å². The van der Waals surface area contributed by atoms with E-state index in [1.54, 1.807) is 15.8 Å². The molecule has 1 aliphatic rings. The van der Waals surface area contributed by atoms with E-state index in [1.807, 2.05) is 12.3 Å². The summed E-state index contributed by atoms with van der Waals surface area (Å²) < 4.78 is 21.5. The van der Waals surface area contributed by atoms with Gasteiger partial charge in [-0.15, -0.1) is 0 Å². The van der Waals surface area contributed by atoms with Crippen molar-refractivity contribution in [1.29, 1.82) is 0 Å². The predicted octanol–water partition coefficient (Wildman–Crippen LogP) is 2.61. The summed E-state index contributed by atoms with van der Waals surface area (Å²) >= 11 is 5.74. The number of aromatic nitrogens is 2. The van der Waals surface area contributed by atoms with Gasteiger partial charge in [0.15, 0.2) is 0 Å². The molecule has 1 aromatic heterocycles. The highest BCUT2D eigenvalue weighted by Gasteiger charge is 2.25. The van der Waals surface area contributed by atoms with Crippen molar-refractivity contribution in [3.05, 3.63) is 53.1 Å². The molecule has 1 atom stereocenters. The standard InChI is InChI=1S/C16H17ClFN3O2/c17-12-3-4-14(15(18)9-12)16(22)20-6-2-8-23-13(10-20)11-21-7-1-5-19-21/h1,3-5,7,9,13H,2,6,8,10-11H2.